The van der Waals surface area contributed by atoms with Crippen LogP contribution in [0.1, 0.15) is 32.0 Å². The Balaban J connectivity index is 1.26. The number of guanidine groups is 1. The molecule has 2 aromatic rings. The molecule has 158 valence electrons. The third kappa shape index (κ3) is 4.90. The molecular weight excluding hydrogens is 364 g/mol. The van der Waals surface area contributed by atoms with E-state index in [1.807, 2.05) is 6.07 Å². The molecule has 0 radical (unpaired) electrons. The molecule has 2 atom stereocenters. The minimum atomic E-state index is 0.208. The molecule has 3 heterocycles. The van der Waals surface area contributed by atoms with E-state index in [0.29, 0.717) is 12.6 Å². The number of aryl methyl sites for hydroxylation is 2. The summed E-state index contributed by atoms with van der Waals surface area (Å²) in [6.07, 6.45) is 3.81. The summed E-state index contributed by atoms with van der Waals surface area (Å²) in [5, 5.41) is 6.83. The van der Waals surface area contributed by atoms with Crippen LogP contribution in [0.4, 0.5) is 0 Å². The van der Waals surface area contributed by atoms with Crippen LogP contribution in [0.15, 0.2) is 29.3 Å². The first-order valence-corrected chi connectivity index (χ1v) is 11.0. The maximum atomic E-state index is 6.03. The molecule has 2 saturated heterocycles. The Morgan fingerprint density at radius 2 is 2.21 bits per heavy atom. The summed E-state index contributed by atoms with van der Waals surface area (Å²) in [5.41, 5.74) is 2.28. The Morgan fingerprint density at radius 1 is 1.31 bits per heavy atom. The van der Waals surface area contributed by atoms with Crippen LogP contribution in [-0.2, 0) is 11.3 Å². The van der Waals surface area contributed by atoms with Gasteiger partial charge in [-0.3, -0.25) is 9.89 Å². The SMILES string of the molecule is CCNC(=NCC1CN2CCCC2CO1)NCCCn1c(C)nc2ccccc21. The average molecular weight is 399 g/mol. The first-order chi connectivity index (χ1) is 14.2. The molecule has 0 aliphatic carbocycles. The quantitative estimate of drug-likeness (QED) is 0.425. The van der Waals surface area contributed by atoms with Crippen LogP contribution in [0.5, 0.6) is 0 Å². The van der Waals surface area contributed by atoms with Crippen LogP contribution in [-0.4, -0.2) is 71.9 Å². The number of imidazole rings is 1. The predicted octanol–water partition coefficient (Wildman–Crippen LogP) is 2.15. The van der Waals surface area contributed by atoms with Gasteiger partial charge in [0.05, 0.1) is 30.3 Å². The molecule has 4 rings (SSSR count). The molecule has 2 N–H and O–H groups in total. The van der Waals surface area contributed by atoms with Gasteiger partial charge in [0.2, 0.25) is 0 Å². The van der Waals surface area contributed by atoms with Gasteiger partial charge in [0, 0.05) is 32.2 Å². The van der Waals surface area contributed by atoms with Crippen molar-refractivity contribution in [2.24, 2.45) is 4.99 Å². The molecule has 2 fully saturated rings. The van der Waals surface area contributed by atoms with Gasteiger partial charge in [0.1, 0.15) is 5.82 Å². The number of ether oxygens (including phenoxy) is 1. The van der Waals surface area contributed by atoms with E-state index in [1.165, 1.54) is 24.9 Å². The normalized spacial score (nSPS) is 22.8. The van der Waals surface area contributed by atoms with Gasteiger partial charge in [-0.15, -0.1) is 0 Å². The summed E-state index contributed by atoms with van der Waals surface area (Å²) in [6.45, 7) is 10.7. The molecule has 1 aromatic heterocycles. The first-order valence-electron chi connectivity index (χ1n) is 11.0. The second kappa shape index (κ2) is 9.59. The van der Waals surface area contributed by atoms with Crippen LogP contribution in [0.3, 0.4) is 0 Å². The monoisotopic (exact) mass is 398 g/mol. The van der Waals surface area contributed by atoms with Gasteiger partial charge in [-0.05, 0) is 51.8 Å². The number of aliphatic imine (C=N–C) groups is 1. The van der Waals surface area contributed by atoms with Crippen LogP contribution < -0.4 is 10.6 Å². The van der Waals surface area contributed by atoms with Gasteiger partial charge >= 0.3 is 0 Å². The third-order valence-corrected chi connectivity index (χ3v) is 5.96. The number of nitrogens with one attached hydrogen (secondary N) is 2. The molecule has 2 aliphatic rings. The van der Waals surface area contributed by atoms with Crippen LogP contribution in [0.2, 0.25) is 0 Å². The molecule has 1 aromatic carbocycles. The summed E-state index contributed by atoms with van der Waals surface area (Å²) in [6, 6.07) is 8.98. The minimum Gasteiger partial charge on any atom is -0.373 e. The van der Waals surface area contributed by atoms with Gasteiger partial charge in [-0.1, -0.05) is 12.1 Å². The molecule has 0 spiro atoms. The topological polar surface area (TPSA) is 66.7 Å². The summed E-state index contributed by atoms with van der Waals surface area (Å²) in [4.78, 5) is 12.0. The number of morpholine rings is 1. The highest BCUT2D eigenvalue weighted by Crippen LogP contribution is 2.22. The van der Waals surface area contributed by atoms with Gasteiger partial charge in [-0.2, -0.15) is 0 Å². The highest BCUT2D eigenvalue weighted by atomic mass is 16.5. The van der Waals surface area contributed by atoms with Crippen LogP contribution >= 0.6 is 0 Å². The molecule has 0 amide bonds. The van der Waals surface area contributed by atoms with Crippen molar-refractivity contribution in [1.29, 1.82) is 0 Å². The lowest BCUT2D eigenvalue weighted by Gasteiger charge is -2.34. The largest absolute Gasteiger partial charge is 0.373 e. The van der Waals surface area contributed by atoms with E-state index in [1.54, 1.807) is 0 Å². The van der Waals surface area contributed by atoms with Gasteiger partial charge in [0.15, 0.2) is 5.96 Å². The Bertz CT molecular complexity index is 832. The molecule has 29 heavy (non-hydrogen) atoms. The molecule has 0 bridgehead atoms. The number of benzene rings is 1. The summed E-state index contributed by atoms with van der Waals surface area (Å²) in [5.74, 6) is 1.95. The predicted molar refractivity (Wildman–Crippen MR) is 117 cm³/mol. The van der Waals surface area contributed by atoms with Crippen molar-refractivity contribution in [2.75, 3.05) is 39.3 Å². The minimum absolute atomic E-state index is 0.208. The molecule has 0 saturated carbocycles. The van der Waals surface area contributed by atoms with E-state index < -0.39 is 0 Å². The number of nitrogens with zero attached hydrogens (tertiary/aromatic N) is 4. The van der Waals surface area contributed by atoms with Gasteiger partial charge < -0.3 is 19.9 Å². The molecular formula is C22H34N6O. The Labute approximate surface area is 173 Å². The maximum absolute atomic E-state index is 6.03. The number of aromatic nitrogens is 2. The number of rotatable bonds is 7. The molecule has 2 aliphatic heterocycles. The smallest absolute Gasteiger partial charge is 0.191 e. The third-order valence-electron chi connectivity index (χ3n) is 5.96. The fraction of sp³-hybridized carbons (Fsp3) is 0.636. The van der Waals surface area contributed by atoms with E-state index >= 15 is 0 Å². The van der Waals surface area contributed by atoms with Gasteiger partial charge in [-0.25, -0.2) is 4.98 Å². The number of para-hydroxylation sites is 2. The van der Waals surface area contributed by atoms with E-state index in [0.717, 1.165) is 56.5 Å². The number of fused-ring (bicyclic) bond motifs is 2. The number of hydrogen-bond donors (Lipinski definition) is 2. The maximum Gasteiger partial charge on any atom is 0.191 e. The van der Waals surface area contributed by atoms with Gasteiger partial charge in [0.25, 0.3) is 0 Å². The fourth-order valence-electron chi connectivity index (χ4n) is 4.45. The summed E-state index contributed by atoms with van der Waals surface area (Å²) in [7, 11) is 0. The fourth-order valence-corrected chi connectivity index (χ4v) is 4.45. The second-order valence-electron chi connectivity index (χ2n) is 8.05. The first kappa shape index (κ1) is 20.2. The highest BCUT2D eigenvalue weighted by molar-refractivity contribution is 5.79. The Kier molecular flexibility index (Phi) is 6.67. The zero-order chi connectivity index (χ0) is 20.1. The van der Waals surface area contributed by atoms with Crippen molar-refractivity contribution in [3.8, 4) is 0 Å². The van der Waals surface area contributed by atoms with Crippen molar-refractivity contribution >= 4 is 17.0 Å². The molecule has 7 nitrogen and oxygen atoms in total. The van der Waals surface area contributed by atoms with Crippen molar-refractivity contribution in [1.82, 2.24) is 25.1 Å². The van der Waals surface area contributed by atoms with Crippen LogP contribution in [0.25, 0.3) is 11.0 Å². The molecule has 2 unspecified atom stereocenters. The zero-order valence-electron chi connectivity index (χ0n) is 17.7. The zero-order valence-corrected chi connectivity index (χ0v) is 17.7. The Hall–Kier alpha value is -2.12. The van der Waals surface area contributed by atoms with Crippen molar-refractivity contribution in [3.05, 3.63) is 30.1 Å². The Morgan fingerprint density at radius 3 is 3.10 bits per heavy atom. The lowest BCUT2D eigenvalue weighted by atomic mass is 10.2. The second-order valence-corrected chi connectivity index (χ2v) is 8.05. The number of hydrogen-bond acceptors (Lipinski definition) is 4. The van der Waals surface area contributed by atoms with E-state index in [4.69, 9.17) is 9.73 Å². The van der Waals surface area contributed by atoms with Crippen molar-refractivity contribution < 1.29 is 4.74 Å². The summed E-state index contributed by atoms with van der Waals surface area (Å²) >= 11 is 0. The standard InChI is InChI=1S/C22H34N6O/c1-3-23-22(25-14-19-15-27-12-6-8-18(27)16-29-19)24-11-7-13-28-17(2)26-20-9-4-5-10-21(20)28/h4-5,9-10,18-19H,3,6-8,11-16H2,1-2H3,(H2,23,24,25). The highest BCUT2D eigenvalue weighted by Gasteiger charge is 2.31. The average Bonchev–Trinajstić information content (AvgIpc) is 3.32. The lowest BCUT2D eigenvalue weighted by Crippen LogP contribution is -2.47. The van der Waals surface area contributed by atoms with E-state index in [-0.39, 0.29) is 6.10 Å². The van der Waals surface area contributed by atoms with Crippen molar-refractivity contribution in [3.63, 3.8) is 0 Å². The van der Waals surface area contributed by atoms with Crippen LogP contribution in [0, 0.1) is 6.92 Å². The van der Waals surface area contributed by atoms with E-state index in [2.05, 4.69) is 57.1 Å². The molecule has 7 heteroatoms. The van der Waals surface area contributed by atoms with E-state index in [9.17, 15) is 0 Å². The lowest BCUT2D eigenvalue weighted by molar-refractivity contribution is -0.0432. The van der Waals surface area contributed by atoms with Crippen molar-refractivity contribution in [2.45, 2.75) is 51.8 Å². The summed E-state index contributed by atoms with van der Waals surface area (Å²) < 4.78 is 8.33.